The normalized spacial score (nSPS) is 25.6. The molecule has 0 aromatic carbocycles. The lowest BCUT2D eigenvalue weighted by Gasteiger charge is -2.19. The molecule has 1 aliphatic heterocycles. The van der Waals surface area contributed by atoms with Gasteiger partial charge in [-0.25, -0.2) is 13.1 Å². The standard InChI is InChI=1S/C13H26N2O3S/c1-11(13-5-4-9-18-13)15-19(16,17)10-3-2-8-14-12-6-7-12/h11-15H,2-10H2,1H3. The summed E-state index contributed by atoms with van der Waals surface area (Å²) in [6.07, 6.45) is 6.22. The zero-order valence-corrected chi connectivity index (χ0v) is 12.5. The van der Waals surface area contributed by atoms with E-state index < -0.39 is 10.0 Å². The molecule has 6 heteroatoms. The minimum absolute atomic E-state index is 0.0475. The second-order valence-electron chi connectivity index (χ2n) is 5.71. The van der Waals surface area contributed by atoms with Crippen molar-refractivity contribution in [3.05, 3.63) is 0 Å². The number of unbranched alkanes of at least 4 members (excludes halogenated alkanes) is 1. The van der Waals surface area contributed by atoms with Gasteiger partial charge in [0, 0.05) is 18.7 Å². The molecule has 1 aliphatic carbocycles. The second kappa shape index (κ2) is 7.02. The Morgan fingerprint density at radius 1 is 1.26 bits per heavy atom. The highest BCUT2D eigenvalue weighted by atomic mass is 32.2. The highest BCUT2D eigenvalue weighted by molar-refractivity contribution is 7.89. The van der Waals surface area contributed by atoms with E-state index in [0.29, 0.717) is 12.5 Å². The van der Waals surface area contributed by atoms with Crippen molar-refractivity contribution in [3.63, 3.8) is 0 Å². The van der Waals surface area contributed by atoms with Crippen molar-refractivity contribution in [2.24, 2.45) is 0 Å². The molecule has 19 heavy (non-hydrogen) atoms. The molecule has 0 spiro atoms. The topological polar surface area (TPSA) is 67.4 Å². The maximum atomic E-state index is 11.9. The lowest BCUT2D eigenvalue weighted by atomic mass is 10.1. The molecule has 1 saturated carbocycles. The lowest BCUT2D eigenvalue weighted by Crippen LogP contribution is -2.41. The first-order chi connectivity index (χ1) is 9.07. The highest BCUT2D eigenvalue weighted by Gasteiger charge is 2.25. The molecule has 0 radical (unpaired) electrons. The van der Waals surface area contributed by atoms with Gasteiger partial charge in [-0.15, -0.1) is 0 Å². The Labute approximate surface area is 116 Å². The first-order valence-corrected chi connectivity index (χ1v) is 9.07. The molecule has 2 atom stereocenters. The number of hydrogen-bond donors (Lipinski definition) is 2. The van der Waals surface area contributed by atoms with Crippen molar-refractivity contribution in [2.75, 3.05) is 18.9 Å². The zero-order valence-electron chi connectivity index (χ0n) is 11.7. The van der Waals surface area contributed by atoms with Gasteiger partial charge in [-0.2, -0.15) is 0 Å². The Balaban J connectivity index is 1.59. The monoisotopic (exact) mass is 290 g/mol. The van der Waals surface area contributed by atoms with Gasteiger partial charge in [-0.05, 0) is 52.0 Å². The molecule has 112 valence electrons. The molecule has 0 bridgehead atoms. The number of nitrogens with one attached hydrogen (secondary N) is 2. The predicted octanol–water partition coefficient (Wildman–Crippen LogP) is 1.01. The average Bonchev–Trinajstić information content (AvgIpc) is 3.00. The van der Waals surface area contributed by atoms with Crippen LogP contribution in [0.1, 0.15) is 45.4 Å². The van der Waals surface area contributed by atoms with Crippen molar-refractivity contribution >= 4 is 10.0 Å². The Kier molecular flexibility index (Phi) is 5.62. The molecule has 1 saturated heterocycles. The summed E-state index contributed by atoms with van der Waals surface area (Å²) >= 11 is 0. The van der Waals surface area contributed by atoms with Crippen LogP contribution >= 0.6 is 0 Å². The fraction of sp³-hybridized carbons (Fsp3) is 1.00. The van der Waals surface area contributed by atoms with Crippen molar-refractivity contribution in [1.29, 1.82) is 0 Å². The Morgan fingerprint density at radius 3 is 2.68 bits per heavy atom. The molecular formula is C13H26N2O3S. The lowest BCUT2D eigenvalue weighted by molar-refractivity contribution is 0.0902. The Bertz CT molecular complexity index is 362. The summed E-state index contributed by atoms with van der Waals surface area (Å²) in [5.41, 5.74) is 0. The van der Waals surface area contributed by atoms with Crippen molar-refractivity contribution in [3.8, 4) is 0 Å². The van der Waals surface area contributed by atoms with Crippen LogP contribution in [-0.4, -0.2) is 45.5 Å². The van der Waals surface area contributed by atoms with Crippen LogP contribution in [0.4, 0.5) is 0 Å². The summed E-state index contributed by atoms with van der Waals surface area (Å²) in [6.45, 7) is 3.58. The summed E-state index contributed by atoms with van der Waals surface area (Å²) in [7, 11) is -3.16. The van der Waals surface area contributed by atoms with Gasteiger partial charge < -0.3 is 10.1 Å². The van der Waals surface area contributed by atoms with Crippen LogP contribution in [0.3, 0.4) is 0 Å². The van der Waals surface area contributed by atoms with Crippen molar-refractivity contribution in [2.45, 2.75) is 63.6 Å². The average molecular weight is 290 g/mol. The van der Waals surface area contributed by atoms with Gasteiger partial charge in [-0.1, -0.05) is 0 Å². The van der Waals surface area contributed by atoms with E-state index in [9.17, 15) is 8.42 Å². The third kappa shape index (κ3) is 5.77. The largest absolute Gasteiger partial charge is 0.377 e. The van der Waals surface area contributed by atoms with Gasteiger partial charge in [-0.3, -0.25) is 0 Å². The fourth-order valence-corrected chi connectivity index (χ4v) is 3.85. The molecular weight excluding hydrogens is 264 g/mol. The van der Waals surface area contributed by atoms with Gasteiger partial charge >= 0.3 is 0 Å². The summed E-state index contributed by atoms with van der Waals surface area (Å²) < 4.78 is 32.1. The number of ether oxygens (including phenoxy) is 1. The van der Waals surface area contributed by atoms with Crippen LogP contribution in [0.15, 0.2) is 0 Å². The smallest absolute Gasteiger partial charge is 0.211 e. The molecule has 0 aromatic heterocycles. The predicted molar refractivity (Wildman–Crippen MR) is 75.6 cm³/mol. The van der Waals surface area contributed by atoms with E-state index in [-0.39, 0.29) is 17.9 Å². The molecule has 2 unspecified atom stereocenters. The van der Waals surface area contributed by atoms with Crippen LogP contribution in [-0.2, 0) is 14.8 Å². The molecule has 2 aliphatic rings. The van der Waals surface area contributed by atoms with E-state index in [4.69, 9.17) is 4.74 Å². The van der Waals surface area contributed by atoms with E-state index in [1.165, 1.54) is 12.8 Å². The minimum atomic E-state index is -3.16. The molecule has 0 amide bonds. The maximum Gasteiger partial charge on any atom is 0.211 e. The Hall–Kier alpha value is -0.170. The van der Waals surface area contributed by atoms with E-state index in [0.717, 1.165) is 32.4 Å². The number of hydrogen-bond acceptors (Lipinski definition) is 4. The summed E-state index contributed by atoms with van der Waals surface area (Å²) in [5.74, 6) is 0.219. The zero-order chi connectivity index (χ0) is 13.7. The highest BCUT2D eigenvalue weighted by Crippen LogP contribution is 2.18. The molecule has 2 N–H and O–H groups in total. The van der Waals surface area contributed by atoms with Gasteiger partial charge in [0.25, 0.3) is 0 Å². The summed E-state index contributed by atoms with van der Waals surface area (Å²) in [6, 6.07) is 0.589. The third-order valence-electron chi connectivity index (χ3n) is 3.74. The quantitative estimate of drug-likeness (QED) is 0.622. The Morgan fingerprint density at radius 2 is 2.05 bits per heavy atom. The van der Waals surface area contributed by atoms with Crippen LogP contribution in [0, 0.1) is 0 Å². The van der Waals surface area contributed by atoms with Gasteiger partial charge in [0.2, 0.25) is 10.0 Å². The summed E-state index contributed by atoms with van der Waals surface area (Å²) in [4.78, 5) is 0. The van der Waals surface area contributed by atoms with E-state index in [1.54, 1.807) is 0 Å². The van der Waals surface area contributed by atoms with E-state index in [2.05, 4.69) is 10.0 Å². The van der Waals surface area contributed by atoms with Crippen LogP contribution in [0.25, 0.3) is 0 Å². The molecule has 0 aromatic rings. The van der Waals surface area contributed by atoms with Gasteiger partial charge in [0.15, 0.2) is 0 Å². The van der Waals surface area contributed by atoms with Crippen LogP contribution in [0.2, 0.25) is 0 Å². The van der Waals surface area contributed by atoms with Crippen molar-refractivity contribution < 1.29 is 13.2 Å². The number of sulfonamides is 1. The van der Waals surface area contributed by atoms with Crippen LogP contribution < -0.4 is 10.0 Å². The number of rotatable bonds is 9. The first kappa shape index (κ1) is 15.2. The third-order valence-corrected chi connectivity index (χ3v) is 5.30. The second-order valence-corrected chi connectivity index (χ2v) is 7.59. The van der Waals surface area contributed by atoms with E-state index >= 15 is 0 Å². The van der Waals surface area contributed by atoms with Gasteiger partial charge in [0.1, 0.15) is 0 Å². The molecule has 2 rings (SSSR count). The van der Waals surface area contributed by atoms with Crippen LogP contribution in [0.5, 0.6) is 0 Å². The molecule has 1 heterocycles. The SMILES string of the molecule is CC(NS(=O)(=O)CCCCNC1CC1)C1CCCO1. The maximum absolute atomic E-state index is 11.9. The van der Waals surface area contributed by atoms with Crippen molar-refractivity contribution in [1.82, 2.24) is 10.0 Å². The van der Waals surface area contributed by atoms with E-state index in [1.807, 2.05) is 6.92 Å². The van der Waals surface area contributed by atoms with Gasteiger partial charge in [0.05, 0.1) is 11.9 Å². The molecule has 5 nitrogen and oxygen atoms in total. The molecule has 2 fully saturated rings. The fourth-order valence-electron chi connectivity index (χ4n) is 2.43. The first-order valence-electron chi connectivity index (χ1n) is 7.42. The minimum Gasteiger partial charge on any atom is -0.377 e. The summed E-state index contributed by atoms with van der Waals surface area (Å²) in [5, 5.41) is 3.39.